The standard InChI is InChI=1S/C19H16N4O5/c1-2-28-19(25)13-4-3-5-15(10-13)21-18(24)14-11-20-22(12-14)16-6-8-17(9-7-16)23(26)27/h3-12H,2H2,1H3,(H,21,24). The highest BCUT2D eigenvalue weighted by Crippen LogP contribution is 2.16. The van der Waals surface area contributed by atoms with Crippen LogP contribution in [-0.2, 0) is 4.74 Å². The van der Waals surface area contributed by atoms with Gasteiger partial charge in [-0.2, -0.15) is 5.10 Å². The minimum Gasteiger partial charge on any atom is -0.462 e. The number of nitro groups is 1. The van der Waals surface area contributed by atoms with Gasteiger partial charge in [0.05, 0.1) is 34.5 Å². The number of amides is 1. The maximum atomic E-state index is 12.4. The lowest BCUT2D eigenvalue weighted by Gasteiger charge is -2.06. The van der Waals surface area contributed by atoms with Gasteiger partial charge in [-0.05, 0) is 37.3 Å². The summed E-state index contributed by atoms with van der Waals surface area (Å²) in [7, 11) is 0. The van der Waals surface area contributed by atoms with E-state index in [-0.39, 0.29) is 12.3 Å². The number of hydrogen-bond donors (Lipinski definition) is 1. The van der Waals surface area contributed by atoms with Crippen LogP contribution in [0.1, 0.15) is 27.6 Å². The summed E-state index contributed by atoms with van der Waals surface area (Å²) in [4.78, 5) is 34.5. The number of ether oxygens (including phenoxy) is 1. The van der Waals surface area contributed by atoms with Crippen LogP contribution in [0.2, 0.25) is 0 Å². The Kier molecular flexibility index (Phi) is 5.45. The second-order valence-corrected chi connectivity index (χ2v) is 5.70. The number of esters is 1. The predicted octanol–water partition coefficient (Wildman–Crippen LogP) is 3.21. The molecular formula is C19H16N4O5. The summed E-state index contributed by atoms with van der Waals surface area (Å²) in [6.07, 6.45) is 2.89. The number of nitrogens with one attached hydrogen (secondary N) is 1. The van der Waals surface area contributed by atoms with Gasteiger partial charge in [-0.15, -0.1) is 0 Å². The van der Waals surface area contributed by atoms with E-state index >= 15 is 0 Å². The molecule has 1 amide bonds. The van der Waals surface area contributed by atoms with Crippen molar-refractivity contribution in [2.75, 3.05) is 11.9 Å². The molecule has 9 heteroatoms. The Morgan fingerprint density at radius 2 is 1.93 bits per heavy atom. The van der Waals surface area contributed by atoms with Gasteiger partial charge in [-0.3, -0.25) is 14.9 Å². The smallest absolute Gasteiger partial charge is 0.338 e. The Hall–Kier alpha value is -4.01. The molecule has 142 valence electrons. The van der Waals surface area contributed by atoms with Crippen molar-refractivity contribution in [3.63, 3.8) is 0 Å². The molecule has 0 fully saturated rings. The third kappa shape index (κ3) is 4.21. The Morgan fingerprint density at radius 3 is 2.61 bits per heavy atom. The molecule has 2 aromatic carbocycles. The fraction of sp³-hybridized carbons (Fsp3) is 0.105. The third-order valence-electron chi connectivity index (χ3n) is 3.80. The molecule has 0 spiro atoms. The van der Waals surface area contributed by atoms with Crippen LogP contribution < -0.4 is 5.32 Å². The summed E-state index contributed by atoms with van der Waals surface area (Å²) >= 11 is 0. The number of carbonyl (C=O) groups excluding carboxylic acids is 2. The molecule has 0 atom stereocenters. The van der Waals surface area contributed by atoms with Gasteiger partial charge in [0.1, 0.15) is 0 Å². The average molecular weight is 380 g/mol. The van der Waals surface area contributed by atoms with E-state index in [0.717, 1.165) is 0 Å². The van der Waals surface area contributed by atoms with Crippen molar-refractivity contribution >= 4 is 23.3 Å². The first-order valence-corrected chi connectivity index (χ1v) is 8.36. The number of anilines is 1. The van der Waals surface area contributed by atoms with E-state index in [2.05, 4.69) is 10.4 Å². The first kappa shape index (κ1) is 18.8. The summed E-state index contributed by atoms with van der Waals surface area (Å²) in [5.41, 5.74) is 1.61. The van der Waals surface area contributed by atoms with Crippen molar-refractivity contribution in [3.05, 3.63) is 82.2 Å². The van der Waals surface area contributed by atoms with Gasteiger partial charge in [0, 0.05) is 24.0 Å². The maximum Gasteiger partial charge on any atom is 0.338 e. The minimum absolute atomic E-state index is 0.0321. The average Bonchev–Trinajstić information content (AvgIpc) is 3.19. The molecule has 9 nitrogen and oxygen atoms in total. The Morgan fingerprint density at radius 1 is 1.18 bits per heavy atom. The van der Waals surface area contributed by atoms with Crippen LogP contribution in [0.4, 0.5) is 11.4 Å². The van der Waals surface area contributed by atoms with E-state index in [1.54, 1.807) is 25.1 Å². The van der Waals surface area contributed by atoms with Crippen molar-refractivity contribution < 1.29 is 19.2 Å². The molecule has 1 N–H and O–H groups in total. The number of rotatable bonds is 6. The zero-order valence-corrected chi connectivity index (χ0v) is 14.9. The van der Waals surface area contributed by atoms with E-state index in [0.29, 0.717) is 22.5 Å². The van der Waals surface area contributed by atoms with Crippen LogP contribution in [0.3, 0.4) is 0 Å². The molecule has 28 heavy (non-hydrogen) atoms. The van der Waals surface area contributed by atoms with Crippen molar-refractivity contribution in [2.24, 2.45) is 0 Å². The molecule has 0 aliphatic heterocycles. The van der Waals surface area contributed by atoms with E-state index < -0.39 is 16.8 Å². The van der Waals surface area contributed by atoms with Crippen LogP contribution >= 0.6 is 0 Å². The van der Waals surface area contributed by atoms with Crippen LogP contribution in [0.5, 0.6) is 0 Å². The first-order valence-electron chi connectivity index (χ1n) is 8.36. The lowest BCUT2D eigenvalue weighted by molar-refractivity contribution is -0.384. The summed E-state index contributed by atoms with van der Waals surface area (Å²) in [6.45, 7) is 1.98. The third-order valence-corrected chi connectivity index (χ3v) is 3.80. The van der Waals surface area contributed by atoms with Crippen LogP contribution in [0.15, 0.2) is 60.9 Å². The van der Waals surface area contributed by atoms with Crippen LogP contribution in [0, 0.1) is 10.1 Å². The number of non-ortho nitro benzene ring substituents is 1. The monoisotopic (exact) mass is 380 g/mol. The number of aromatic nitrogens is 2. The Balaban J connectivity index is 1.73. The molecular weight excluding hydrogens is 364 g/mol. The Labute approximate surface area is 159 Å². The summed E-state index contributed by atoms with van der Waals surface area (Å²) in [5, 5.41) is 17.5. The summed E-state index contributed by atoms with van der Waals surface area (Å²) in [5.74, 6) is -0.876. The van der Waals surface area contributed by atoms with E-state index in [4.69, 9.17) is 4.74 Å². The minimum atomic E-state index is -0.490. The Bertz CT molecular complexity index is 1030. The summed E-state index contributed by atoms with van der Waals surface area (Å²) < 4.78 is 6.38. The molecule has 0 aliphatic rings. The molecule has 1 aromatic heterocycles. The zero-order valence-electron chi connectivity index (χ0n) is 14.9. The maximum absolute atomic E-state index is 12.4. The molecule has 3 rings (SSSR count). The highest BCUT2D eigenvalue weighted by atomic mass is 16.6. The van der Waals surface area contributed by atoms with Crippen LogP contribution in [-0.4, -0.2) is 33.2 Å². The van der Waals surface area contributed by atoms with Crippen molar-refractivity contribution in [3.8, 4) is 5.69 Å². The largest absolute Gasteiger partial charge is 0.462 e. The van der Waals surface area contributed by atoms with Gasteiger partial charge in [0.15, 0.2) is 0 Å². The van der Waals surface area contributed by atoms with E-state index in [1.165, 1.54) is 47.4 Å². The topological polar surface area (TPSA) is 116 Å². The number of carbonyl (C=O) groups is 2. The number of nitrogens with zero attached hydrogens (tertiary/aromatic N) is 3. The second kappa shape index (κ2) is 8.12. The van der Waals surface area contributed by atoms with Crippen molar-refractivity contribution in [1.82, 2.24) is 9.78 Å². The number of benzene rings is 2. The predicted molar refractivity (Wildman–Crippen MR) is 101 cm³/mol. The van der Waals surface area contributed by atoms with Gasteiger partial charge in [-0.25, -0.2) is 9.48 Å². The van der Waals surface area contributed by atoms with E-state index in [9.17, 15) is 19.7 Å². The fourth-order valence-corrected chi connectivity index (χ4v) is 2.45. The van der Waals surface area contributed by atoms with Gasteiger partial charge < -0.3 is 10.1 Å². The van der Waals surface area contributed by atoms with Crippen molar-refractivity contribution in [2.45, 2.75) is 6.92 Å². The van der Waals surface area contributed by atoms with Crippen molar-refractivity contribution in [1.29, 1.82) is 0 Å². The molecule has 0 aliphatic carbocycles. The number of nitro benzene ring substituents is 1. The molecule has 0 saturated carbocycles. The SMILES string of the molecule is CCOC(=O)c1cccc(NC(=O)c2cnn(-c3ccc([N+](=O)[O-])cc3)c2)c1. The molecule has 0 radical (unpaired) electrons. The van der Waals surface area contributed by atoms with E-state index in [1.807, 2.05) is 0 Å². The molecule has 0 bridgehead atoms. The lowest BCUT2D eigenvalue weighted by Crippen LogP contribution is -2.12. The zero-order chi connectivity index (χ0) is 20.1. The highest BCUT2D eigenvalue weighted by molar-refractivity contribution is 6.04. The second-order valence-electron chi connectivity index (χ2n) is 5.70. The molecule has 1 heterocycles. The van der Waals surface area contributed by atoms with Gasteiger partial charge >= 0.3 is 5.97 Å². The fourth-order valence-electron chi connectivity index (χ4n) is 2.45. The normalized spacial score (nSPS) is 10.3. The molecule has 3 aromatic rings. The molecule has 0 unspecified atom stereocenters. The van der Waals surface area contributed by atoms with Gasteiger partial charge in [-0.1, -0.05) is 6.07 Å². The summed E-state index contributed by atoms with van der Waals surface area (Å²) in [6, 6.07) is 12.2. The van der Waals surface area contributed by atoms with Gasteiger partial charge in [0.25, 0.3) is 11.6 Å². The van der Waals surface area contributed by atoms with Crippen LogP contribution in [0.25, 0.3) is 5.69 Å². The van der Waals surface area contributed by atoms with Gasteiger partial charge in [0.2, 0.25) is 0 Å². The molecule has 0 saturated heterocycles. The number of hydrogen-bond acceptors (Lipinski definition) is 6. The quantitative estimate of drug-likeness (QED) is 0.399. The lowest BCUT2D eigenvalue weighted by atomic mass is 10.2. The first-order chi connectivity index (χ1) is 13.5. The highest BCUT2D eigenvalue weighted by Gasteiger charge is 2.13.